The van der Waals surface area contributed by atoms with Crippen LogP contribution in [-0.4, -0.2) is 22.9 Å². The van der Waals surface area contributed by atoms with Gasteiger partial charge in [0.1, 0.15) is 18.2 Å². The molecule has 2 rings (SSSR count). The average Bonchev–Trinajstić information content (AvgIpc) is 2.60. The Morgan fingerprint density at radius 1 is 1.37 bits per heavy atom. The van der Waals surface area contributed by atoms with Crippen LogP contribution in [0.2, 0.25) is 0 Å². The number of hydrogen-bond acceptors (Lipinski definition) is 4. The molecule has 0 saturated carbocycles. The van der Waals surface area contributed by atoms with Gasteiger partial charge in [0.15, 0.2) is 0 Å². The smallest absolute Gasteiger partial charge is 0.147 e. The molecule has 3 N–H and O–H groups in total. The summed E-state index contributed by atoms with van der Waals surface area (Å²) < 4.78 is 7.41. The number of anilines is 2. The van der Waals surface area contributed by atoms with Gasteiger partial charge in [0, 0.05) is 7.05 Å². The summed E-state index contributed by atoms with van der Waals surface area (Å²) in [5.41, 5.74) is 8.65. The molecular formula is C14H20N4O. The molecule has 0 radical (unpaired) electrons. The fourth-order valence-corrected chi connectivity index (χ4v) is 1.93. The lowest BCUT2D eigenvalue weighted by Gasteiger charge is -2.09. The van der Waals surface area contributed by atoms with Crippen LogP contribution in [0.15, 0.2) is 24.3 Å². The Hall–Kier alpha value is -2.17. The number of nitrogen functional groups attached to an aromatic ring is 1. The summed E-state index contributed by atoms with van der Waals surface area (Å²) in [6.07, 6.45) is 0. The first-order valence-corrected chi connectivity index (χ1v) is 6.30. The van der Waals surface area contributed by atoms with E-state index in [9.17, 15) is 0 Å². The molecule has 0 bridgehead atoms. The highest BCUT2D eigenvalue weighted by atomic mass is 16.5. The molecule has 1 heterocycles. The number of aryl methyl sites for hydroxylation is 3. The lowest BCUT2D eigenvalue weighted by molar-refractivity contribution is 0.332. The van der Waals surface area contributed by atoms with Crippen LogP contribution in [-0.2, 0) is 7.05 Å². The van der Waals surface area contributed by atoms with Gasteiger partial charge in [0.2, 0.25) is 0 Å². The standard InChI is InChI=1S/C14H20N4O/c1-10-5-4-6-12(9-10)19-8-7-16-14-13(15)11(2)17-18(14)3/h4-6,9,16H,7-8,15H2,1-3H3. The fraction of sp³-hybridized carbons (Fsp3) is 0.357. The number of aromatic nitrogens is 2. The van der Waals surface area contributed by atoms with Gasteiger partial charge in [-0.25, -0.2) is 0 Å². The van der Waals surface area contributed by atoms with Gasteiger partial charge >= 0.3 is 0 Å². The van der Waals surface area contributed by atoms with E-state index < -0.39 is 0 Å². The Morgan fingerprint density at radius 2 is 2.16 bits per heavy atom. The third kappa shape index (κ3) is 3.19. The van der Waals surface area contributed by atoms with E-state index >= 15 is 0 Å². The molecule has 0 amide bonds. The highest BCUT2D eigenvalue weighted by Gasteiger charge is 2.08. The van der Waals surface area contributed by atoms with Gasteiger partial charge in [0.05, 0.1) is 17.9 Å². The minimum Gasteiger partial charge on any atom is -0.492 e. The topological polar surface area (TPSA) is 65.1 Å². The Bertz CT molecular complexity index is 563. The third-order valence-corrected chi connectivity index (χ3v) is 2.92. The normalized spacial score (nSPS) is 10.5. The van der Waals surface area contributed by atoms with Crippen molar-refractivity contribution in [2.75, 3.05) is 24.2 Å². The molecule has 19 heavy (non-hydrogen) atoms. The van der Waals surface area contributed by atoms with E-state index in [0.29, 0.717) is 18.8 Å². The van der Waals surface area contributed by atoms with E-state index in [2.05, 4.69) is 10.4 Å². The second kappa shape index (κ2) is 5.65. The van der Waals surface area contributed by atoms with Crippen molar-refractivity contribution in [2.24, 2.45) is 7.05 Å². The first kappa shape index (κ1) is 13.3. The van der Waals surface area contributed by atoms with E-state index in [1.165, 1.54) is 5.56 Å². The zero-order valence-electron chi connectivity index (χ0n) is 11.6. The van der Waals surface area contributed by atoms with Crippen molar-refractivity contribution in [3.63, 3.8) is 0 Å². The Labute approximate surface area is 113 Å². The fourth-order valence-electron chi connectivity index (χ4n) is 1.93. The molecule has 0 spiro atoms. The van der Waals surface area contributed by atoms with E-state index in [1.54, 1.807) is 4.68 Å². The largest absolute Gasteiger partial charge is 0.492 e. The molecule has 1 aromatic carbocycles. The second-order valence-corrected chi connectivity index (χ2v) is 4.56. The molecule has 0 unspecified atom stereocenters. The molecule has 0 aliphatic carbocycles. The van der Waals surface area contributed by atoms with Gasteiger partial charge in [-0.3, -0.25) is 4.68 Å². The van der Waals surface area contributed by atoms with Crippen molar-refractivity contribution in [2.45, 2.75) is 13.8 Å². The molecule has 0 aliphatic rings. The van der Waals surface area contributed by atoms with Crippen molar-refractivity contribution in [1.82, 2.24) is 9.78 Å². The molecular weight excluding hydrogens is 240 g/mol. The SMILES string of the molecule is Cc1cccc(OCCNc2c(N)c(C)nn2C)c1. The van der Waals surface area contributed by atoms with Crippen LogP contribution in [0, 0.1) is 13.8 Å². The lowest BCUT2D eigenvalue weighted by atomic mass is 10.2. The maximum Gasteiger partial charge on any atom is 0.147 e. The summed E-state index contributed by atoms with van der Waals surface area (Å²) in [7, 11) is 1.87. The highest BCUT2D eigenvalue weighted by Crippen LogP contribution is 2.20. The number of rotatable bonds is 5. The summed E-state index contributed by atoms with van der Waals surface area (Å²) in [5.74, 6) is 1.72. The van der Waals surface area contributed by atoms with Crippen LogP contribution in [0.1, 0.15) is 11.3 Å². The van der Waals surface area contributed by atoms with Gasteiger partial charge in [-0.1, -0.05) is 12.1 Å². The lowest BCUT2D eigenvalue weighted by Crippen LogP contribution is -2.14. The number of benzene rings is 1. The molecule has 0 fully saturated rings. The van der Waals surface area contributed by atoms with E-state index in [-0.39, 0.29) is 0 Å². The van der Waals surface area contributed by atoms with Crippen LogP contribution in [0.5, 0.6) is 5.75 Å². The number of ether oxygens (including phenoxy) is 1. The second-order valence-electron chi connectivity index (χ2n) is 4.56. The van der Waals surface area contributed by atoms with E-state index in [1.807, 2.05) is 45.2 Å². The van der Waals surface area contributed by atoms with Crippen LogP contribution in [0.4, 0.5) is 11.5 Å². The first-order valence-electron chi connectivity index (χ1n) is 6.30. The van der Waals surface area contributed by atoms with Crippen molar-refractivity contribution in [3.05, 3.63) is 35.5 Å². The predicted molar refractivity (Wildman–Crippen MR) is 77.5 cm³/mol. The molecule has 0 aliphatic heterocycles. The highest BCUT2D eigenvalue weighted by molar-refractivity contribution is 5.64. The Balaban J connectivity index is 1.84. The minimum atomic E-state index is 0.577. The zero-order chi connectivity index (χ0) is 13.8. The number of hydrogen-bond donors (Lipinski definition) is 2. The summed E-state index contributed by atoms with van der Waals surface area (Å²) in [5, 5.41) is 7.48. The Morgan fingerprint density at radius 3 is 2.79 bits per heavy atom. The van der Waals surface area contributed by atoms with Crippen molar-refractivity contribution in [1.29, 1.82) is 0 Å². The Kier molecular flexibility index (Phi) is 3.94. The zero-order valence-corrected chi connectivity index (χ0v) is 11.6. The molecule has 2 aromatic rings. The molecule has 0 saturated heterocycles. The average molecular weight is 260 g/mol. The van der Waals surface area contributed by atoms with Gasteiger partial charge in [-0.15, -0.1) is 0 Å². The van der Waals surface area contributed by atoms with E-state index in [4.69, 9.17) is 10.5 Å². The molecule has 0 atom stereocenters. The number of nitrogens with zero attached hydrogens (tertiary/aromatic N) is 2. The first-order chi connectivity index (χ1) is 9.08. The quantitative estimate of drug-likeness (QED) is 0.808. The maximum absolute atomic E-state index is 5.93. The molecule has 1 aromatic heterocycles. The van der Waals surface area contributed by atoms with Crippen LogP contribution < -0.4 is 15.8 Å². The summed E-state index contributed by atoms with van der Waals surface area (Å²) >= 11 is 0. The summed E-state index contributed by atoms with van der Waals surface area (Å²) in [6.45, 7) is 5.19. The van der Waals surface area contributed by atoms with Crippen molar-refractivity contribution >= 4 is 11.5 Å². The minimum absolute atomic E-state index is 0.577. The van der Waals surface area contributed by atoms with Gasteiger partial charge in [-0.05, 0) is 31.5 Å². The predicted octanol–water partition coefficient (Wildman–Crippen LogP) is 2.11. The van der Waals surface area contributed by atoms with Crippen LogP contribution in [0.25, 0.3) is 0 Å². The van der Waals surface area contributed by atoms with Gasteiger partial charge < -0.3 is 15.8 Å². The van der Waals surface area contributed by atoms with Crippen molar-refractivity contribution in [3.8, 4) is 5.75 Å². The monoisotopic (exact) mass is 260 g/mol. The molecule has 5 heteroatoms. The molecule has 102 valence electrons. The maximum atomic E-state index is 5.93. The van der Waals surface area contributed by atoms with Gasteiger partial charge in [-0.2, -0.15) is 5.10 Å². The summed E-state index contributed by atoms with van der Waals surface area (Å²) in [6, 6.07) is 8.00. The third-order valence-electron chi connectivity index (χ3n) is 2.92. The number of nitrogens with two attached hydrogens (primary N) is 1. The number of nitrogens with one attached hydrogen (secondary N) is 1. The van der Waals surface area contributed by atoms with Gasteiger partial charge in [0.25, 0.3) is 0 Å². The van der Waals surface area contributed by atoms with Crippen molar-refractivity contribution < 1.29 is 4.74 Å². The molecule has 5 nitrogen and oxygen atoms in total. The van der Waals surface area contributed by atoms with Crippen LogP contribution in [0.3, 0.4) is 0 Å². The van der Waals surface area contributed by atoms with E-state index in [0.717, 1.165) is 17.3 Å². The van der Waals surface area contributed by atoms with Crippen LogP contribution >= 0.6 is 0 Å². The summed E-state index contributed by atoms with van der Waals surface area (Å²) in [4.78, 5) is 0.